The Bertz CT molecular complexity index is 513. The van der Waals surface area contributed by atoms with Crippen molar-refractivity contribution in [1.82, 2.24) is 15.1 Å². The minimum absolute atomic E-state index is 0.0520. The van der Waals surface area contributed by atoms with Crippen molar-refractivity contribution in [3.8, 4) is 0 Å². The summed E-state index contributed by atoms with van der Waals surface area (Å²) in [6.07, 6.45) is 2.84. The van der Waals surface area contributed by atoms with Crippen LogP contribution in [0.2, 0.25) is 0 Å². The molecule has 0 saturated carbocycles. The molecule has 1 aliphatic heterocycles. The minimum Gasteiger partial charge on any atom is -0.348 e. The first-order valence-electron chi connectivity index (χ1n) is 8.44. The van der Waals surface area contributed by atoms with Gasteiger partial charge in [-0.3, -0.25) is 9.69 Å². The first-order chi connectivity index (χ1) is 11.0. The third-order valence-corrected chi connectivity index (χ3v) is 4.57. The Morgan fingerprint density at radius 3 is 2.57 bits per heavy atom. The summed E-state index contributed by atoms with van der Waals surface area (Å²) in [6, 6.07) is 7.43. The zero-order valence-corrected chi connectivity index (χ0v) is 14.4. The predicted molar refractivity (Wildman–Crippen MR) is 90.7 cm³/mol. The molecule has 0 aliphatic carbocycles. The number of piperidine rings is 1. The van der Waals surface area contributed by atoms with E-state index in [0.717, 1.165) is 37.9 Å². The maximum Gasteiger partial charge on any atom is 0.236 e. The second-order valence-corrected chi connectivity index (χ2v) is 6.49. The molecule has 0 spiro atoms. The second-order valence-electron chi connectivity index (χ2n) is 6.49. The fraction of sp³-hybridized carbons (Fsp3) is 0.611. The van der Waals surface area contributed by atoms with Gasteiger partial charge in [0, 0.05) is 44.8 Å². The van der Waals surface area contributed by atoms with Crippen LogP contribution in [-0.2, 0) is 4.79 Å². The second kappa shape index (κ2) is 8.41. The van der Waals surface area contributed by atoms with Gasteiger partial charge in [-0.1, -0.05) is 25.1 Å². The standard InChI is InChI=1S/C18H28FN3O/c1-4-17(15-7-5-6-8-16(15)19)20-14-9-11-22(12-10-14)13-18(23)21(2)3/h5-8,14,17,20H,4,9-13H2,1-3H3/t17-/m0/s1. The van der Waals surface area contributed by atoms with Crippen molar-refractivity contribution in [2.75, 3.05) is 33.7 Å². The Labute approximate surface area is 138 Å². The van der Waals surface area contributed by atoms with E-state index in [4.69, 9.17) is 0 Å². The maximum atomic E-state index is 14.0. The summed E-state index contributed by atoms with van der Waals surface area (Å²) in [5.41, 5.74) is 0.750. The van der Waals surface area contributed by atoms with E-state index in [1.165, 1.54) is 6.07 Å². The van der Waals surface area contributed by atoms with E-state index in [1.807, 2.05) is 12.1 Å². The molecule has 1 saturated heterocycles. The molecule has 0 radical (unpaired) electrons. The first kappa shape index (κ1) is 17.9. The third kappa shape index (κ3) is 5.01. The Morgan fingerprint density at radius 1 is 1.35 bits per heavy atom. The highest BCUT2D eigenvalue weighted by atomic mass is 19.1. The Balaban J connectivity index is 1.85. The molecule has 0 aromatic heterocycles. The van der Waals surface area contributed by atoms with Gasteiger partial charge in [0.15, 0.2) is 0 Å². The van der Waals surface area contributed by atoms with Crippen LogP contribution in [0.1, 0.15) is 37.8 Å². The van der Waals surface area contributed by atoms with Crippen molar-refractivity contribution < 1.29 is 9.18 Å². The molecule has 23 heavy (non-hydrogen) atoms. The topological polar surface area (TPSA) is 35.6 Å². The number of carbonyl (C=O) groups is 1. The summed E-state index contributed by atoms with van der Waals surface area (Å²) >= 11 is 0. The molecule has 4 nitrogen and oxygen atoms in total. The summed E-state index contributed by atoms with van der Waals surface area (Å²) in [6.45, 7) is 4.38. The number of nitrogens with one attached hydrogen (secondary N) is 1. The van der Waals surface area contributed by atoms with Crippen LogP contribution in [0.25, 0.3) is 0 Å². The van der Waals surface area contributed by atoms with Crippen LogP contribution in [0.3, 0.4) is 0 Å². The molecular formula is C18H28FN3O. The summed E-state index contributed by atoms with van der Waals surface area (Å²) in [4.78, 5) is 15.6. The number of hydrogen-bond acceptors (Lipinski definition) is 3. The normalized spacial score (nSPS) is 17.9. The van der Waals surface area contributed by atoms with E-state index < -0.39 is 0 Å². The van der Waals surface area contributed by atoms with Gasteiger partial charge in [0.2, 0.25) is 5.91 Å². The van der Waals surface area contributed by atoms with Crippen LogP contribution in [0.4, 0.5) is 4.39 Å². The molecule has 1 N–H and O–H groups in total. The van der Waals surface area contributed by atoms with Crippen molar-refractivity contribution >= 4 is 5.91 Å². The van der Waals surface area contributed by atoms with Crippen molar-refractivity contribution in [3.63, 3.8) is 0 Å². The number of amides is 1. The average molecular weight is 321 g/mol. The number of halogens is 1. The minimum atomic E-state index is -0.138. The van der Waals surface area contributed by atoms with Gasteiger partial charge in [0.05, 0.1) is 6.54 Å². The zero-order chi connectivity index (χ0) is 16.8. The molecule has 0 unspecified atom stereocenters. The highest BCUT2D eigenvalue weighted by Gasteiger charge is 2.24. The van der Waals surface area contributed by atoms with Crippen molar-refractivity contribution in [2.24, 2.45) is 0 Å². The molecule has 1 heterocycles. The van der Waals surface area contributed by atoms with Gasteiger partial charge >= 0.3 is 0 Å². The van der Waals surface area contributed by atoms with Crippen LogP contribution in [0, 0.1) is 5.82 Å². The van der Waals surface area contributed by atoms with Crippen LogP contribution in [0.5, 0.6) is 0 Å². The van der Waals surface area contributed by atoms with Crippen LogP contribution >= 0.6 is 0 Å². The number of rotatable bonds is 6. The summed E-state index contributed by atoms with van der Waals surface area (Å²) in [5, 5.41) is 3.60. The Morgan fingerprint density at radius 2 is 2.00 bits per heavy atom. The molecule has 1 aromatic carbocycles. The quantitative estimate of drug-likeness (QED) is 0.874. The van der Waals surface area contributed by atoms with Crippen LogP contribution in [-0.4, -0.2) is 55.5 Å². The number of likely N-dealkylation sites (tertiary alicyclic amines) is 1. The molecule has 1 fully saturated rings. The third-order valence-electron chi connectivity index (χ3n) is 4.57. The van der Waals surface area contributed by atoms with Gasteiger partial charge in [0.1, 0.15) is 5.82 Å². The number of nitrogens with zero attached hydrogens (tertiary/aromatic N) is 2. The molecule has 128 valence electrons. The van der Waals surface area contributed by atoms with Gasteiger partial charge in [0.25, 0.3) is 0 Å². The largest absolute Gasteiger partial charge is 0.348 e. The fourth-order valence-electron chi connectivity index (χ4n) is 3.06. The van der Waals surface area contributed by atoms with Crippen LogP contribution in [0.15, 0.2) is 24.3 Å². The Hall–Kier alpha value is -1.46. The number of benzene rings is 1. The van der Waals surface area contributed by atoms with E-state index in [0.29, 0.717) is 12.6 Å². The highest BCUT2D eigenvalue weighted by Crippen LogP contribution is 2.22. The summed E-state index contributed by atoms with van der Waals surface area (Å²) in [7, 11) is 3.58. The van der Waals surface area contributed by atoms with Crippen molar-refractivity contribution in [2.45, 2.75) is 38.3 Å². The number of carbonyl (C=O) groups excluding carboxylic acids is 1. The lowest BCUT2D eigenvalue weighted by atomic mass is 9.99. The van der Waals surface area contributed by atoms with Gasteiger partial charge < -0.3 is 10.2 Å². The lowest BCUT2D eigenvalue weighted by Gasteiger charge is -2.34. The van der Waals surface area contributed by atoms with Gasteiger partial charge in [-0.25, -0.2) is 4.39 Å². The zero-order valence-electron chi connectivity index (χ0n) is 14.4. The molecule has 2 rings (SSSR count). The van der Waals surface area contributed by atoms with E-state index in [-0.39, 0.29) is 17.8 Å². The van der Waals surface area contributed by atoms with E-state index >= 15 is 0 Å². The lowest BCUT2D eigenvalue weighted by molar-refractivity contribution is -0.130. The summed E-state index contributed by atoms with van der Waals surface area (Å²) in [5.74, 6) is 0.00932. The smallest absolute Gasteiger partial charge is 0.236 e. The van der Waals surface area contributed by atoms with E-state index in [2.05, 4.69) is 17.1 Å². The monoisotopic (exact) mass is 321 g/mol. The predicted octanol–water partition coefficient (Wildman–Crippen LogP) is 2.42. The molecule has 1 atom stereocenters. The van der Waals surface area contributed by atoms with Gasteiger partial charge in [-0.05, 0) is 25.3 Å². The highest BCUT2D eigenvalue weighted by molar-refractivity contribution is 5.77. The lowest BCUT2D eigenvalue weighted by Crippen LogP contribution is -2.46. The SMILES string of the molecule is CC[C@H](NC1CCN(CC(=O)N(C)C)CC1)c1ccccc1F. The number of likely N-dealkylation sites (N-methyl/N-ethyl adjacent to an activating group) is 1. The fourth-order valence-corrected chi connectivity index (χ4v) is 3.06. The molecule has 5 heteroatoms. The molecule has 1 aliphatic rings. The average Bonchev–Trinajstić information content (AvgIpc) is 2.55. The first-order valence-corrected chi connectivity index (χ1v) is 8.44. The summed E-state index contributed by atoms with van der Waals surface area (Å²) < 4.78 is 14.0. The van der Waals surface area contributed by atoms with Crippen molar-refractivity contribution in [3.05, 3.63) is 35.6 Å². The van der Waals surface area contributed by atoms with Gasteiger partial charge in [-0.2, -0.15) is 0 Å². The molecular weight excluding hydrogens is 293 g/mol. The molecule has 0 bridgehead atoms. The number of hydrogen-bond donors (Lipinski definition) is 1. The maximum absolute atomic E-state index is 14.0. The molecule has 1 amide bonds. The van der Waals surface area contributed by atoms with Gasteiger partial charge in [-0.15, -0.1) is 0 Å². The Kier molecular flexibility index (Phi) is 6.54. The van der Waals surface area contributed by atoms with E-state index in [1.54, 1.807) is 25.1 Å². The van der Waals surface area contributed by atoms with Crippen molar-refractivity contribution in [1.29, 1.82) is 0 Å². The molecule has 1 aromatic rings. The van der Waals surface area contributed by atoms with Crippen LogP contribution < -0.4 is 5.32 Å². The van der Waals surface area contributed by atoms with E-state index in [9.17, 15) is 9.18 Å².